The van der Waals surface area contributed by atoms with Crippen LogP contribution in [0.4, 0.5) is 10.1 Å². The van der Waals surface area contributed by atoms with E-state index in [1.807, 2.05) is 6.07 Å². The van der Waals surface area contributed by atoms with Gasteiger partial charge < -0.3 is 10.4 Å². The van der Waals surface area contributed by atoms with Crippen molar-refractivity contribution in [3.05, 3.63) is 66.0 Å². The summed E-state index contributed by atoms with van der Waals surface area (Å²) in [7, 11) is 0. The molecule has 0 aliphatic carbocycles. The molecule has 0 radical (unpaired) electrons. The molecule has 0 heterocycles. The molecule has 0 saturated heterocycles. The number of rotatable bonds is 4. The van der Waals surface area contributed by atoms with Crippen molar-refractivity contribution in [2.24, 2.45) is 0 Å². The van der Waals surface area contributed by atoms with E-state index in [2.05, 4.69) is 5.32 Å². The zero-order valence-electron chi connectivity index (χ0n) is 10.2. The fourth-order valence-electron chi connectivity index (χ4n) is 1.75. The number of amides is 1. The zero-order valence-corrected chi connectivity index (χ0v) is 10.2. The fourth-order valence-corrected chi connectivity index (χ4v) is 1.75. The Morgan fingerprint density at radius 2 is 1.89 bits per heavy atom. The van der Waals surface area contributed by atoms with Gasteiger partial charge in [-0.3, -0.25) is 4.79 Å². The number of benzene rings is 2. The number of hydrogen-bond acceptors (Lipinski definition) is 2. The quantitative estimate of drug-likeness (QED) is 0.887. The van der Waals surface area contributed by atoms with Crippen LogP contribution >= 0.6 is 0 Å². The highest BCUT2D eigenvalue weighted by Crippen LogP contribution is 2.17. The van der Waals surface area contributed by atoms with Crippen LogP contribution in [-0.4, -0.2) is 11.0 Å². The maximum absolute atomic E-state index is 12.9. The molecule has 0 aliphatic heterocycles. The van der Waals surface area contributed by atoms with Gasteiger partial charge in [0.15, 0.2) is 0 Å². The summed E-state index contributed by atoms with van der Waals surface area (Å²) in [6.07, 6.45) is -0.935. The van der Waals surface area contributed by atoms with Crippen molar-refractivity contribution in [2.75, 3.05) is 5.32 Å². The third kappa shape index (κ3) is 3.89. The van der Waals surface area contributed by atoms with Crippen LogP contribution < -0.4 is 5.32 Å². The molecule has 0 fully saturated rings. The average molecular weight is 259 g/mol. The highest BCUT2D eigenvalue weighted by molar-refractivity contribution is 5.91. The second kappa shape index (κ2) is 6.11. The van der Waals surface area contributed by atoms with Crippen LogP contribution in [0.25, 0.3) is 0 Å². The molecule has 2 N–H and O–H groups in total. The number of aliphatic hydroxyl groups excluding tert-OH is 1. The maximum Gasteiger partial charge on any atom is 0.227 e. The second-order valence-corrected chi connectivity index (χ2v) is 4.19. The first kappa shape index (κ1) is 13.2. The van der Waals surface area contributed by atoms with E-state index in [0.29, 0.717) is 11.3 Å². The predicted molar refractivity (Wildman–Crippen MR) is 71.0 cm³/mol. The first-order valence-corrected chi connectivity index (χ1v) is 5.93. The summed E-state index contributed by atoms with van der Waals surface area (Å²) in [5, 5.41) is 12.4. The SMILES string of the molecule is O=C(CC(O)c1ccccc1)Nc1cccc(F)c1. The molecule has 0 saturated carbocycles. The Hall–Kier alpha value is -2.20. The first-order valence-electron chi connectivity index (χ1n) is 5.93. The largest absolute Gasteiger partial charge is 0.388 e. The van der Waals surface area contributed by atoms with Gasteiger partial charge in [-0.1, -0.05) is 36.4 Å². The smallest absolute Gasteiger partial charge is 0.227 e. The highest BCUT2D eigenvalue weighted by Gasteiger charge is 2.12. The number of anilines is 1. The molecule has 98 valence electrons. The van der Waals surface area contributed by atoms with E-state index in [0.717, 1.165) is 0 Å². The minimum Gasteiger partial charge on any atom is -0.388 e. The molecule has 0 aromatic heterocycles. The number of carbonyl (C=O) groups excluding carboxylic acids is 1. The number of hydrogen-bond donors (Lipinski definition) is 2. The molecule has 2 aromatic rings. The number of halogens is 1. The molecule has 0 bridgehead atoms. The average Bonchev–Trinajstić information content (AvgIpc) is 2.39. The van der Waals surface area contributed by atoms with Crippen molar-refractivity contribution in [2.45, 2.75) is 12.5 Å². The number of nitrogens with one attached hydrogen (secondary N) is 1. The van der Waals surface area contributed by atoms with Gasteiger partial charge in [-0.25, -0.2) is 4.39 Å². The Morgan fingerprint density at radius 3 is 2.58 bits per heavy atom. The summed E-state index contributed by atoms with van der Waals surface area (Å²) in [6, 6.07) is 14.6. The Kier molecular flexibility index (Phi) is 4.26. The predicted octanol–water partition coefficient (Wildman–Crippen LogP) is 2.89. The van der Waals surface area contributed by atoms with E-state index in [1.165, 1.54) is 18.2 Å². The summed E-state index contributed by atoms with van der Waals surface area (Å²) < 4.78 is 12.9. The first-order chi connectivity index (χ1) is 9.15. The molecule has 2 aromatic carbocycles. The lowest BCUT2D eigenvalue weighted by atomic mass is 10.1. The minimum atomic E-state index is -0.866. The number of aliphatic hydroxyl groups is 1. The maximum atomic E-state index is 12.9. The third-order valence-electron chi connectivity index (χ3n) is 2.67. The third-order valence-corrected chi connectivity index (χ3v) is 2.67. The molecule has 4 heteroatoms. The molecule has 3 nitrogen and oxygen atoms in total. The molecule has 1 unspecified atom stereocenters. The molecule has 1 amide bonds. The summed E-state index contributed by atoms with van der Waals surface area (Å²) in [6.45, 7) is 0. The van der Waals surface area contributed by atoms with E-state index in [-0.39, 0.29) is 12.3 Å². The zero-order chi connectivity index (χ0) is 13.7. The van der Waals surface area contributed by atoms with Crippen molar-refractivity contribution in [3.63, 3.8) is 0 Å². The lowest BCUT2D eigenvalue weighted by molar-refractivity contribution is -0.118. The van der Waals surface area contributed by atoms with Crippen LogP contribution in [-0.2, 0) is 4.79 Å². The van der Waals surface area contributed by atoms with E-state index >= 15 is 0 Å². The van der Waals surface area contributed by atoms with Crippen LogP contribution in [0.3, 0.4) is 0 Å². The van der Waals surface area contributed by atoms with E-state index < -0.39 is 11.9 Å². The van der Waals surface area contributed by atoms with Gasteiger partial charge in [-0.15, -0.1) is 0 Å². The molecule has 19 heavy (non-hydrogen) atoms. The van der Waals surface area contributed by atoms with Crippen LogP contribution in [0, 0.1) is 5.82 Å². The van der Waals surface area contributed by atoms with E-state index in [4.69, 9.17) is 0 Å². The fraction of sp³-hybridized carbons (Fsp3) is 0.133. The summed E-state index contributed by atoms with van der Waals surface area (Å²) >= 11 is 0. The lowest BCUT2D eigenvalue weighted by Gasteiger charge is -2.11. The molecular weight excluding hydrogens is 245 g/mol. The monoisotopic (exact) mass is 259 g/mol. The van der Waals surface area contributed by atoms with Gasteiger partial charge in [-0.2, -0.15) is 0 Å². The van der Waals surface area contributed by atoms with E-state index in [9.17, 15) is 14.3 Å². The topological polar surface area (TPSA) is 49.3 Å². The Morgan fingerprint density at radius 1 is 1.16 bits per heavy atom. The van der Waals surface area contributed by atoms with Gasteiger partial charge >= 0.3 is 0 Å². The summed E-state index contributed by atoms with van der Waals surface area (Å²) in [5.41, 5.74) is 1.06. The molecular formula is C15H14FNO2. The van der Waals surface area contributed by atoms with Gasteiger partial charge in [0.1, 0.15) is 5.82 Å². The lowest BCUT2D eigenvalue weighted by Crippen LogP contribution is -2.15. The Bertz CT molecular complexity index is 557. The van der Waals surface area contributed by atoms with Crippen LogP contribution in [0.15, 0.2) is 54.6 Å². The second-order valence-electron chi connectivity index (χ2n) is 4.19. The van der Waals surface area contributed by atoms with E-state index in [1.54, 1.807) is 30.3 Å². The molecule has 1 atom stereocenters. The molecule has 0 spiro atoms. The van der Waals surface area contributed by atoms with Crippen molar-refractivity contribution in [3.8, 4) is 0 Å². The van der Waals surface area contributed by atoms with Crippen LogP contribution in [0.5, 0.6) is 0 Å². The van der Waals surface area contributed by atoms with Gasteiger partial charge in [0.2, 0.25) is 5.91 Å². The minimum absolute atomic E-state index is 0.0689. The van der Waals surface area contributed by atoms with Gasteiger partial charge in [-0.05, 0) is 23.8 Å². The van der Waals surface area contributed by atoms with Crippen LogP contribution in [0.1, 0.15) is 18.1 Å². The highest BCUT2D eigenvalue weighted by atomic mass is 19.1. The standard InChI is InChI=1S/C15H14FNO2/c16-12-7-4-8-13(9-12)17-15(19)10-14(18)11-5-2-1-3-6-11/h1-9,14,18H,10H2,(H,17,19). The normalized spacial score (nSPS) is 11.9. The summed E-state index contributed by atoms with van der Waals surface area (Å²) in [5.74, 6) is -0.775. The van der Waals surface area contributed by atoms with Crippen molar-refractivity contribution in [1.82, 2.24) is 0 Å². The van der Waals surface area contributed by atoms with Gasteiger partial charge in [0.25, 0.3) is 0 Å². The molecule has 0 aliphatic rings. The van der Waals surface area contributed by atoms with Crippen LogP contribution in [0.2, 0.25) is 0 Å². The van der Waals surface area contributed by atoms with Gasteiger partial charge in [0, 0.05) is 5.69 Å². The Labute approximate surface area is 110 Å². The van der Waals surface area contributed by atoms with Crippen molar-refractivity contribution in [1.29, 1.82) is 0 Å². The Balaban J connectivity index is 1.95. The summed E-state index contributed by atoms with van der Waals surface area (Å²) in [4.78, 5) is 11.7. The van der Waals surface area contributed by atoms with Crippen molar-refractivity contribution >= 4 is 11.6 Å². The molecule has 2 rings (SSSR count). The van der Waals surface area contributed by atoms with Crippen molar-refractivity contribution < 1.29 is 14.3 Å². The van der Waals surface area contributed by atoms with Gasteiger partial charge in [0.05, 0.1) is 12.5 Å². The number of carbonyl (C=O) groups is 1.